The summed E-state index contributed by atoms with van der Waals surface area (Å²) in [5, 5.41) is 0. The summed E-state index contributed by atoms with van der Waals surface area (Å²) >= 11 is 0. The van der Waals surface area contributed by atoms with Crippen LogP contribution in [0, 0.1) is 5.82 Å². The highest BCUT2D eigenvalue weighted by Gasteiger charge is 2.09. The summed E-state index contributed by atoms with van der Waals surface area (Å²) in [6.45, 7) is 4.15. The molecule has 22 heavy (non-hydrogen) atoms. The fraction of sp³-hybridized carbons (Fsp3) is 0.350. The molecule has 0 saturated carbocycles. The standard InChI is InChI=1S/C20H23FO/c1-3-5-7-20(22)17-11-9-16(10-12-17)18-13-8-15(6-4-2)14-19(18)21/h8-14H,3-7H2,1-2H3. The van der Waals surface area contributed by atoms with E-state index in [0.29, 0.717) is 17.5 Å². The maximum atomic E-state index is 14.2. The van der Waals surface area contributed by atoms with E-state index in [9.17, 15) is 9.18 Å². The minimum Gasteiger partial charge on any atom is -0.294 e. The van der Waals surface area contributed by atoms with E-state index >= 15 is 0 Å². The molecule has 0 aliphatic heterocycles. The van der Waals surface area contributed by atoms with Crippen molar-refractivity contribution in [1.29, 1.82) is 0 Å². The van der Waals surface area contributed by atoms with Gasteiger partial charge < -0.3 is 0 Å². The van der Waals surface area contributed by atoms with E-state index in [1.165, 1.54) is 0 Å². The molecule has 0 radical (unpaired) electrons. The van der Waals surface area contributed by atoms with Gasteiger partial charge in [0.2, 0.25) is 0 Å². The molecule has 0 aromatic heterocycles. The molecule has 0 fully saturated rings. The first-order chi connectivity index (χ1) is 10.7. The number of unbranched alkanes of at least 4 members (excludes halogenated alkanes) is 1. The van der Waals surface area contributed by atoms with Gasteiger partial charge in [-0.1, -0.05) is 63.1 Å². The van der Waals surface area contributed by atoms with E-state index in [1.807, 2.05) is 24.3 Å². The van der Waals surface area contributed by atoms with E-state index in [2.05, 4.69) is 13.8 Å². The number of carbonyl (C=O) groups excluding carboxylic acids is 1. The first kappa shape index (κ1) is 16.4. The van der Waals surface area contributed by atoms with E-state index in [4.69, 9.17) is 0 Å². The Morgan fingerprint density at radius 3 is 2.32 bits per heavy atom. The minimum absolute atomic E-state index is 0.159. The highest BCUT2D eigenvalue weighted by Crippen LogP contribution is 2.25. The fourth-order valence-corrected chi connectivity index (χ4v) is 2.55. The second kappa shape index (κ2) is 7.88. The van der Waals surface area contributed by atoms with Gasteiger partial charge in [0.1, 0.15) is 5.82 Å². The molecular weight excluding hydrogens is 275 g/mol. The number of rotatable bonds is 7. The molecule has 0 amide bonds. The van der Waals surface area contributed by atoms with E-state index in [-0.39, 0.29) is 11.6 Å². The lowest BCUT2D eigenvalue weighted by Gasteiger charge is -2.07. The number of benzene rings is 2. The molecule has 2 aromatic carbocycles. The van der Waals surface area contributed by atoms with Crippen molar-refractivity contribution in [3.63, 3.8) is 0 Å². The number of halogens is 1. The smallest absolute Gasteiger partial charge is 0.162 e. The third-order valence-corrected chi connectivity index (χ3v) is 3.85. The summed E-state index contributed by atoms with van der Waals surface area (Å²) in [5.74, 6) is -0.0387. The number of hydrogen-bond acceptors (Lipinski definition) is 1. The van der Waals surface area contributed by atoms with Crippen LogP contribution in [0.5, 0.6) is 0 Å². The van der Waals surface area contributed by atoms with Crippen molar-refractivity contribution >= 4 is 5.78 Å². The number of ketones is 1. The number of hydrogen-bond donors (Lipinski definition) is 0. The predicted octanol–water partition coefficient (Wildman–Crippen LogP) is 5.82. The maximum Gasteiger partial charge on any atom is 0.162 e. The van der Waals surface area contributed by atoms with Gasteiger partial charge in [0.15, 0.2) is 5.78 Å². The van der Waals surface area contributed by atoms with E-state index < -0.39 is 0 Å². The summed E-state index contributed by atoms with van der Waals surface area (Å²) in [7, 11) is 0. The molecule has 2 aromatic rings. The second-order valence-corrected chi connectivity index (χ2v) is 5.67. The zero-order valence-corrected chi connectivity index (χ0v) is 13.4. The number of aryl methyl sites for hydroxylation is 1. The van der Waals surface area contributed by atoms with Gasteiger partial charge in [-0.05, 0) is 30.0 Å². The zero-order chi connectivity index (χ0) is 15.9. The number of Topliss-reactive ketones (excluding diaryl/α,β-unsaturated/α-hetero) is 1. The Hall–Kier alpha value is -1.96. The molecule has 0 N–H and O–H groups in total. The molecule has 2 rings (SSSR count). The van der Waals surface area contributed by atoms with Gasteiger partial charge >= 0.3 is 0 Å². The Labute approximate surface area is 132 Å². The van der Waals surface area contributed by atoms with Crippen LogP contribution in [0.4, 0.5) is 4.39 Å². The Bertz CT molecular complexity index is 629. The van der Waals surface area contributed by atoms with Crippen molar-refractivity contribution in [3.05, 3.63) is 59.4 Å². The average molecular weight is 298 g/mol. The van der Waals surface area contributed by atoms with Crippen LogP contribution in [0.3, 0.4) is 0 Å². The van der Waals surface area contributed by atoms with Crippen molar-refractivity contribution in [1.82, 2.24) is 0 Å². The quantitative estimate of drug-likeness (QED) is 0.589. The normalized spacial score (nSPS) is 10.7. The maximum absolute atomic E-state index is 14.2. The first-order valence-corrected chi connectivity index (χ1v) is 8.07. The molecule has 0 spiro atoms. The molecule has 0 aliphatic carbocycles. The summed E-state index contributed by atoms with van der Waals surface area (Å²) in [6, 6.07) is 12.7. The summed E-state index contributed by atoms with van der Waals surface area (Å²) in [4.78, 5) is 12.0. The number of carbonyl (C=O) groups is 1. The van der Waals surface area contributed by atoms with Gasteiger partial charge in [-0.25, -0.2) is 4.39 Å². The van der Waals surface area contributed by atoms with Crippen molar-refractivity contribution in [2.75, 3.05) is 0 Å². The van der Waals surface area contributed by atoms with Crippen LogP contribution in [-0.4, -0.2) is 5.78 Å². The van der Waals surface area contributed by atoms with Gasteiger partial charge in [-0.2, -0.15) is 0 Å². The molecule has 0 aliphatic rings. The minimum atomic E-state index is -0.198. The van der Waals surface area contributed by atoms with Gasteiger partial charge in [0.05, 0.1) is 0 Å². The average Bonchev–Trinajstić information content (AvgIpc) is 2.53. The van der Waals surface area contributed by atoms with Crippen LogP contribution < -0.4 is 0 Å². The highest BCUT2D eigenvalue weighted by atomic mass is 19.1. The molecular formula is C20H23FO. The van der Waals surface area contributed by atoms with Gasteiger partial charge in [0.25, 0.3) is 0 Å². The van der Waals surface area contributed by atoms with Crippen molar-refractivity contribution < 1.29 is 9.18 Å². The van der Waals surface area contributed by atoms with Crippen LogP contribution >= 0.6 is 0 Å². The lowest BCUT2D eigenvalue weighted by atomic mass is 9.98. The van der Waals surface area contributed by atoms with E-state index in [0.717, 1.165) is 36.8 Å². The van der Waals surface area contributed by atoms with E-state index in [1.54, 1.807) is 18.2 Å². The van der Waals surface area contributed by atoms with Crippen LogP contribution in [0.2, 0.25) is 0 Å². The van der Waals surface area contributed by atoms with Crippen molar-refractivity contribution in [3.8, 4) is 11.1 Å². The largest absolute Gasteiger partial charge is 0.294 e. The summed E-state index contributed by atoms with van der Waals surface area (Å²) in [5.41, 5.74) is 3.13. The third-order valence-electron chi connectivity index (χ3n) is 3.85. The predicted molar refractivity (Wildman–Crippen MR) is 89.7 cm³/mol. The van der Waals surface area contributed by atoms with Crippen LogP contribution in [0.15, 0.2) is 42.5 Å². The highest BCUT2D eigenvalue weighted by molar-refractivity contribution is 5.96. The Morgan fingerprint density at radius 1 is 1.00 bits per heavy atom. The van der Waals surface area contributed by atoms with Gasteiger partial charge in [0, 0.05) is 17.5 Å². The van der Waals surface area contributed by atoms with Crippen molar-refractivity contribution in [2.45, 2.75) is 46.0 Å². The molecule has 1 nitrogen and oxygen atoms in total. The Balaban J connectivity index is 2.18. The fourth-order valence-electron chi connectivity index (χ4n) is 2.55. The van der Waals surface area contributed by atoms with Crippen molar-refractivity contribution in [2.24, 2.45) is 0 Å². The molecule has 2 heteroatoms. The third kappa shape index (κ3) is 4.03. The van der Waals surface area contributed by atoms with Gasteiger partial charge in [-0.15, -0.1) is 0 Å². The van der Waals surface area contributed by atoms with Crippen LogP contribution in [-0.2, 0) is 6.42 Å². The molecule has 0 atom stereocenters. The Morgan fingerprint density at radius 2 is 1.73 bits per heavy atom. The SMILES string of the molecule is CCCCC(=O)c1ccc(-c2ccc(CCC)cc2F)cc1. The Kier molecular flexibility index (Phi) is 5.88. The summed E-state index contributed by atoms with van der Waals surface area (Å²) in [6.07, 6.45) is 4.40. The zero-order valence-electron chi connectivity index (χ0n) is 13.4. The monoisotopic (exact) mass is 298 g/mol. The van der Waals surface area contributed by atoms with Crippen LogP contribution in [0.1, 0.15) is 55.5 Å². The first-order valence-electron chi connectivity index (χ1n) is 8.07. The molecule has 116 valence electrons. The topological polar surface area (TPSA) is 17.1 Å². The molecule has 0 saturated heterocycles. The summed E-state index contributed by atoms with van der Waals surface area (Å²) < 4.78 is 14.2. The lowest BCUT2D eigenvalue weighted by Crippen LogP contribution is -1.98. The lowest BCUT2D eigenvalue weighted by molar-refractivity contribution is 0.0980. The van der Waals surface area contributed by atoms with Crippen LogP contribution in [0.25, 0.3) is 11.1 Å². The molecule has 0 unspecified atom stereocenters. The molecule has 0 heterocycles. The van der Waals surface area contributed by atoms with Gasteiger partial charge in [-0.3, -0.25) is 4.79 Å². The molecule has 0 bridgehead atoms. The second-order valence-electron chi connectivity index (χ2n) is 5.67.